The molecule has 1 aromatic carbocycles. The van der Waals surface area contributed by atoms with Crippen LogP contribution in [0, 0.1) is 5.82 Å². The molecule has 1 aliphatic rings. The smallest absolute Gasteiger partial charge is 0.235 e. The van der Waals surface area contributed by atoms with Crippen LogP contribution >= 0.6 is 0 Å². The molecule has 5 nitrogen and oxygen atoms in total. The lowest BCUT2D eigenvalue weighted by molar-refractivity contribution is 0.238. The van der Waals surface area contributed by atoms with Gasteiger partial charge in [-0.2, -0.15) is 9.38 Å². The van der Waals surface area contributed by atoms with E-state index in [1.807, 2.05) is 0 Å². The molecule has 0 unspecified atom stereocenters. The summed E-state index contributed by atoms with van der Waals surface area (Å²) in [6, 6.07) is 1.61. The molecule has 0 radical (unpaired) electrons. The van der Waals surface area contributed by atoms with Crippen molar-refractivity contribution in [2.45, 2.75) is 24.8 Å². The Morgan fingerprint density at radius 3 is 2.25 bits per heavy atom. The molecular weight excluding hydrogens is 265 g/mol. The molecule has 1 saturated carbocycles. The molecule has 1 fully saturated rings. The van der Waals surface area contributed by atoms with Crippen molar-refractivity contribution >= 4 is 6.08 Å². The Morgan fingerprint density at radius 2 is 1.85 bits per heavy atom. The second-order valence-electron chi connectivity index (χ2n) is 4.60. The van der Waals surface area contributed by atoms with Crippen LogP contribution in [0.2, 0.25) is 0 Å². The molecule has 0 saturated heterocycles. The fraction of sp³-hybridized carbons (Fsp3) is 0.500. The molecule has 0 aromatic heterocycles. The van der Waals surface area contributed by atoms with Gasteiger partial charge in [0.1, 0.15) is 5.54 Å². The zero-order chi connectivity index (χ0) is 14.8. The van der Waals surface area contributed by atoms with Gasteiger partial charge in [-0.25, -0.2) is 4.79 Å². The van der Waals surface area contributed by atoms with Crippen LogP contribution in [0.15, 0.2) is 11.1 Å². The number of nitrogens with zero attached hydrogens (tertiary/aromatic N) is 1. The predicted molar refractivity (Wildman–Crippen MR) is 69.7 cm³/mol. The van der Waals surface area contributed by atoms with Gasteiger partial charge in [-0.1, -0.05) is 0 Å². The van der Waals surface area contributed by atoms with Crippen LogP contribution in [0.3, 0.4) is 0 Å². The maximum absolute atomic E-state index is 14.4. The number of carbonyl (C=O) groups excluding carboxylic acids is 1. The third kappa shape index (κ3) is 2.02. The number of halogens is 1. The van der Waals surface area contributed by atoms with E-state index in [0.29, 0.717) is 18.4 Å². The highest BCUT2D eigenvalue weighted by molar-refractivity contribution is 5.56. The van der Waals surface area contributed by atoms with E-state index >= 15 is 0 Å². The van der Waals surface area contributed by atoms with E-state index in [4.69, 9.17) is 14.2 Å². The van der Waals surface area contributed by atoms with E-state index in [-0.39, 0.29) is 17.2 Å². The quantitative estimate of drug-likeness (QED) is 0.615. The van der Waals surface area contributed by atoms with Crippen molar-refractivity contribution in [1.29, 1.82) is 0 Å². The molecule has 0 bridgehead atoms. The van der Waals surface area contributed by atoms with Crippen molar-refractivity contribution in [2.24, 2.45) is 4.99 Å². The average molecular weight is 281 g/mol. The summed E-state index contributed by atoms with van der Waals surface area (Å²) in [4.78, 5) is 14.5. The fourth-order valence-electron chi connectivity index (χ4n) is 2.52. The number of methoxy groups -OCH3 is 3. The summed E-state index contributed by atoms with van der Waals surface area (Å²) in [6.07, 6.45) is 3.77. The molecule has 0 aliphatic heterocycles. The topological polar surface area (TPSA) is 57.1 Å². The molecule has 0 N–H and O–H groups in total. The molecular formula is C14H16FNO4. The summed E-state index contributed by atoms with van der Waals surface area (Å²) in [5, 5.41) is 0. The Labute approximate surface area is 116 Å². The van der Waals surface area contributed by atoms with Crippen molar-refractivity contribution in [1.82, 2.24) is 0 Å². The van der Waals surface area contributed by atoms with E-state index in [2.05, 4.69) is 4.99 Å². The summed E-state index contributed by atoms with van der Waals surface area (Å²) >= 11 is 0. The van der Waals surface area contributed by atoms with Crippen molar-refractivity contribution in [3.63, 3.8) is 0 Å². The number of ether oxygens (including phenoxy) is 3. The Bertz CT molecular complexity index is 563. The van der Waals surface area contributed by atoms with Gasteiger partial charge in [0.05, 0.1) is 21.3 Å². The molecule has 0 spiro atoms. The lowest BCUT2D eigenvalue weighted by atomic mass is 9.72. The number of hydrogen-bond acceptors (Lipinski definition) is 5. The number of isocyanates is 1. The Morgan fingerprint density at radius 1 is 1.20 bits per heavy atom. The van der Waals surface area contributed by atoms with Crippen LogP contribution in [0.5, 0.6) is 17.2 Å². The molecule has 0 heterocycles. The summed E-state index contributed by atoms with van der Waals surface area (Å²) < 4.78 is 29.7. The zero-order valence-electron chi connectivity index (χ0n) is 11.7. The van der Waals surface area contributed by atoms with Gasteiger partial charge in [-0.3, -0.25) is 0 Å². The molecule has 20 heavy (non-hydrogen) atoms. The van der Waals surface area contributed by atoms with Crippen molar-refractivity contribution < 1.29 is 23.4 Å². The first-order valence-corrected chi connectivity index (χ1v) is 6.21. The van der Waals surface area contributed by atoms with Gasteiger partial charge in [0.2, 0.25) is 17.6 Å². The Kier molecular flexibility index (Phi) is 3.95. The third-order valence-electron chi connectivity index (χ3n) is 3.71. The van der Waals surface area contributed by atoms with Crippen LogP contribution in [0.25, 0.3) is 0 Å². The maximum Gasteiger partial charge on any atom is 0.235 e. The van der Waals surface area contributed by atoms with Crippen LogP contribution < -0.4 is 14.2 Å². The monoisotopic (exact) mass is 281 g/mol. The highest BCUT2D eigenvalue weighted by Crippen LogP contribution is 2.51. The van der Waals surface area contributed by atoms with Crippen LogP contribution in [-0.4, -0.2) is 27.4 Å². The first kappa shape index (κ1) is 14.3. The van der Waals surface area contributed by atoms with Gasteiger partial charge in [0.15, 0.2) is 11.5 Å². The van der Waals surface area contributed by atoms with Gasteiger partial charge in [0.25, 0.3) is 0 Å². The van der Waals surface area contributed by atoms with E-state index in [0.717, 1.165) is 6.42 Å². The van der Waals surface area contributed by atoms with E-state index < -0.39 is 11.4 Å². The highest BCUT2D eigenvalue weighted by atomic mass is 19.1. The summed E-state index contributed by atoms with van der Waals surface area (Å²) in [7, 11) is 4.14. The SMILES string of the molecule is COc1cc(C2(N=C=O)CCC2)c(OC)c(F)c1OC. The first-order chi connectivity index (χ1) is 9.63. The predicted octanol–water partition coefficient (Wildman–Crippen LogP) is 2.57. The maximum atomic E-state index is 14.4. The highest BCUT2D eigenvalue weighted by Gasteiger charge is 2.43. The standard InChI is InChI=1S/C14H16FNO4/c1-18-10-7-9(14(16-8-17)5-4-6-14)12(19-2)11(15)13(10)20-3/h7H,4-6H2,1-3H3. The molecule has 0 atom stereocenters. The number of aliphatic imine (C=N–C) groups is 1. The molecule has 6 heteroatoms. The molecule has 0 amide bonds. The minimum absolute atomic E-state index is 0.0290. The summed E-state index contributed by atoms with van der Waals surface area (Å²) in [5.41, 5.74) is -0.280. The molecule has 1 aromatic rings. The fourth-order valence-corrected chi connectivity index (χ4v) is 2.52. The molecule has 1 aliphatic carbocycles. The number of benzene rings is 1. The number of hydrogen-bond donors (Lipinski definition) is 0. The van der Waals surface area contributed by atoms with Gasteiger partial charge < -0.3 is 14.2 Å². The average Bonchev–Trinajstić information content (AvgIpc) is 2.41. The van der Waals surface area contributed by atoms with Gasteiger partial charge >= 0.3 is 0 Å². The van der Waals surface area contributed by atoms with Crippen molar-refractivity contribution in [3.8, 4) is 17.2 Å². The van der Waals surface area contributed by atoms with Gasteiger partial charge in [0, 0.05) is 5.56 Å². The second-order valence-corrected chi connectivity index (χ2v) is 4.60. The molecule has 2 rings (SSSR count). The lowest BCUT2D eigenvalue weighted by Gasteiger charge is -2.38. The largest absolute Gasteiger partial charge is 0.493 e. The molecule has 108 valence electrons. The third-order valence-corrected chi connectivity index (χ3v) is 3.71. The van der Waals surface area contributed by atoms with Gasteiger partial charge in [-0.15, -0.1) is 0 Å². The van der Waals surface area contributed by atoms with Gasteiger partial charge in [-0.05, 0) is 25.3 Å². The van der Waals surface area contributed by atoms with E-state index in [1.54, 1.807) is 12.1 Å². The van der Waals surface area contributed by atoms with E-state index in [9.17, 15) is 9.18 Å². The second kappa shape index (κ2) is 5.51. The first-order valence-electron chi connectivity index (χ1n) is 6.21. The Hall–Kier alpha value is -2.07. The van der Waals surface area contributed by atoms with Crippen molar-refractivity contribution in [2.75, 3.05) is 21.3 Å². The minimum atomic E-state index is -0.770. The normalized spacial score (nSPS) is 15.8. The van der Waals surface area contributed by atoms with E-state index in [1.165, 1.54) is 21.3 Å². The van der Waals surface area contributed by atoms with Crippen molar-refractivity contribution in [3.05, 3.63) is 17.4 Å². The minimum Gasteiger partial charge on any atom is -0.493 e. The zero-order valence-corrected chi connectivity index (χ0v) is 11.7. The lowest BCUT2D eigenvalue weighted by Crippen LogP contribution is -2.32. The van der Waals surface area contributed by atoms with Crippen LogP contribution in [0.4, 0.5) is 4.39 Å². The number of rotatable bonds is 5. The van der Waals surface area contributed by atoms with Crippen LogP contribution in [-0.2, 0) is 10.3 Å². The Balaban J connectivity index is 2.69. The van der Waals surface area contributed by atoms with Crippen LogP contribution in [0.1, 0.15) is 24.8 Å². The summed E-state index contributed by atoms with van der Waals surface area (Å²) in [5.74, 6) is -0.413. The summed E-state index contributed by atoms with van der Waals surface area (Å²) in [6.45, 7) is 0.